The summed E-state index contributed by atoms with van der Waals surface area (Å²) in [5.41, 5.74) is 6.52. The number of alkyl halides is 4. The molecule has 2 atom stereocenters. The lowest BCUT2D eigenvalue weighted by Gasteiger charge is -2.34. The highest BCUT2D eigenvalue weighted by atomic mass is 19.4. The second kappa shape index (κ2) is 7.46. The largest absolute Gasteiger partial charge is 0.573 e. The van der Waals surface area contributed by atoms with Gasteiger partial charge in [0.1, 0.15) is 18.5 Å². The van der Waals surface area contributed by atoms with E-state index in [4.69, 9.17) is 5.73 Å². The standard InChI is InChI=1S/C17H21F4N5O2/c1-24(2)15(27)9-26-14-7-10(28-17(19,20)21)3-4-13(14)23-16(26)25-6-5-11(18)12(22)8-25/h3-4,7,11-12H,5-6,8-9,22H2,1-2H3/t11-,12-/m1/s1. The number of carbonyl (C=O) groups excluding carboxylic acids is 1. The quantitative estimate of drug-likeness (QED) is 0.790. The number of rotatable bonds is 4. The molecule has 2 N–H and O–H groups in total. The number of hydrogen-bond donors (Lipinski definition) is 1. The van der Waals surface area contributed by atoms with Crippen LogP contribution in [0.2, 0.25) is 0 Å². The Kier molecular flexibility index (Phi) is 5.37. The summed E-state index contributed by atoms with van der Waals surface area (Å²) in [6, 6.07) is 3.02. The van der Waals surface area contributed by atoms with E-state index in [2.05, 4.69) is 9.72 Å². The number of anilines is 1. The van der Waals surface area contributed by atoms with E-state index in [0.717, 1.165) is 6.07 Å². The van der Waals surface area contributed by atoms with Gasteiger partial charge in [0.25, 0.3) is 0 Å². The van der Waals surface area contributed by atoms with E-state index in [-0.39, 0.29) is 25.4 Å². The lowest BCUT2D eigenvalue weighted by atomic mass is 10.1. The molecule has 1 amide bonds. The van der Waals surface area contributed by atoms with Gasteiger partial charge in [0, 0.05) is 33.3 Å². The van der Waals surface area contributed by atoms with E-state index in [9.17, 15) is 22.4 Å². The van der Waals surface area contributed by atoms with Crippen molar-refractivity contribution < 1.29 is 27.1 Å². The zero-order valence-electron chi connectivity index (χ0n) is 15.4. The predicted octanol–water partition coefficient (Wildman–Crippen LogP) is 1.90. The lowest BCUT2D eigenvalue weighted by molar-refractivity contribution is -0.274. The van der Waals surface area contributed by atoms with E-state index in [1.165, 1.54) is 21.6 Å². The van der Waals surface area contributed by atoms with Crippen LogP contribution in [0.4, 0.5) is 23.5 Å². The van der Waals surface area contributed by atoms with Gasteiger partial charge in [-0.3, -0.25) is 4.79 Å². The molecular weight excluding hydrogens is 382 g/mol. The van der Waals surface area contributed by atoms with Gasteiger partial charge >= 0.3 is 6.36 Å². The van der Waals surface area contributed by atoms with Crippen LogP contribution in [0.3, 0.4) is 0 Å². The smallest absolute Gasteiger partial charge is 0.406 e. The molecule has 0 radical (unpaired) electrons. The lowest BCUT2D eigenvalue weighted by Crippen LogP contribution is -2.50. The number of benzene rings is 1. The third kappa shape index (κ3) is 4.29. The van der Waals surface area contributed by atoms with Crippen LogP contribution in [-0.2, 0) is 11.3 Å². The number of nitrogens with two attached hydrogens (primary N) is 1. The molecular formula is C17H21F4N5O2. The van der Waals surface area contributed by atoms with Crippen LogP contribution in [-0.4, -0.2) is 66.1 Å². The van der Waals surface area contributed by atoms with Crippen LogP contribution < -0.4 is 15.4 Å². The Labute approximate surface area is 158 Å². The normalized spacial score (nSPS) is 20.5. The van der Waals surface area contributed by atoms with Gasteiger partial charge in [-0.1, -0.05) is 0 Å². The Morgan fingerprint density at radius 3 is 2.71 bits per heavy atom. The highest BCUT2D eigenvalue weighted by Crippen LogP contribution is 2.30. The van der Waals surface area contributed by atoms with Crippen molar-refractivity contribution in [3.05, 3.63) is 18.2 Å². The maximum Gasteiger partial charge on any atom is 0.573 e. The first-order valence-corrected chi connectivity index (χ1v) is 8.66. The molecule has 3 rings (SSSR count). The summed E-state index contributed by atoms with van der Waals surface area (Å²) in [5, 5.41) is 0. The molecule has 0 bridgehead atoms. The van der Waals surface area contributed by atoms with Crippen molar-refractivity contribution in [3.8, 4) is 5.75 Å². The number of halogens is 4. The molecule has 7 nitrogen and oxygen atoms in total. The summed E-state index contributed by atoms with van der Waals surface area (Å²) in [6.07, 6.45) is -5.77. The third-order valence-electron chi connectivity index (χ3n) is 4.58. The fourth-order valence-corrected chi connectivity index (χ4v) is 3.10. The maximum absolute atomic E-state index is 13.7. The van der Waals surface area contributed by atoms with Crippen molar-refractivity contribution in [2.45, 2.75) is 31.5 Å². The summed E-state index contributed by atoms with van der Waals surface area (Å²) in [4.78, 5) is 19.8. The Bertz CT molecular complexity index is 867. The first kappa shape index (κ1) is 20.2. The van der Waals surface area contributed by atoms with Crippen LogP contribution >= 0.6 is 0 Å². The summed E-state index contributed by atoms with van der Waals surface area (Å²) < 4.78 is 56.9. The minimum atomic E-state index is -4.84. The second-order valence-corrected chi connectivity index (χ2v) is 6.90. The van der Waals surface area contributed by atoms with Gasteiger partial charge in [0.2, 0.25) is 11.9 Å². The van der Waals surface area contributed by atoms with Crippen molar-refractivity contribution in [2.75, 3.05) is 32.1 Å². The molecule has 1 aromatic carbocycles. The van der Waals surface area contributed by atoms with Gasteiger partial charge in [0.15, 0.2) is 0 Å². The molecule has 2 heterocycles. The summed E-state index contributed by atoms with van der Waals surface area (Å²) >= 11 is 0. The SMILES string of the molecule is CN(C)C(=O)Cn1c(N2CC[C@@H](F)[C@H](N)C2)nc2ccc(OC(F)(F)F)cc21. The second-order valence-electron chi connectivity index (χ2n) is 6.90. The molecule has 1 aliphatic heterocycles. The number of fused-ring (bicyclic) bond motifs is 1. The number of hydrogen-bond acceptors (Lipinski definition) is 5. The fourth-order valence-electron chi connectivity index (χ4n) is 3.10. The molecule has 1 fully saturated rings. The van der Waals surface area contributed by atoms with Gasteiger partial charge in [0.05, 0.1) is 17.1 Å². The molecule has 0 spiro atoms. The molecule has 0 saturated carbocycles. The molecule has 1 aromatic heterocycles. The van der Waals surface area contributed by atoms with E-state index in [1.54, 1.807) is 19.0 Å². The predicted molar refractivity (Wildman–Crippen MR) is 94.8 cm³/mol. The van der Waals surface area contributed by atoms with E-state index in [1.807, 2.05) is 0 Å². The summed E-state index contributed by atoms with van der Waals surface area (Å²) in [5.74, 6) is -0.326. The van der Waals surface area contributed by atoms with Gasteiger partial charge in [-0.05, 0) is 18.6 Å². The molecule has 0 unspecified atom stereocenters. The molecule has 1 saturated heterocycles. The number of amides is 1. The van der Waals surface area contributed by atoms with Crippen molar-refractivity contribution >= 4 is 22.9 Å². The maximum atomic E-state index is 13.7. The van der Waals surface area contributed by atoms with Crippen molar-refractivity contribution in [1.82, 2.24) is 14.5 Å². The molecule has 11 heteroatoms. The minimum Gasteiger partial charge on any atom is -0.406 e. The molecule has 2 aromatic rings. The van der Waals surface area contributed by atoms with E-state index < -0.39 is 24.3 Å². The first-order valence-electron chi connectivity index (χ1n) is 8.66. The van der Waals surface area contributed by atoms with Crippen LogP contribution in [0.15, 0.2) is 18.2 Å². The molecule has 1 aliphatic rings. The number of likely N-dealkylation sites (N-methyl/N-ethyl adjacent to an activating group) is 1. The third-order valence-corrected chi connectivity index (χ3v) is 4.58. The number of carbonyl (C=O) groups is 1. The van der Waals surface area contributed by atoms with Crippen LogP contribution in [0.1, 0.15) is 6.42 Å². The number of ether oxygens (including phenoxy) is 1. The van der Waals surface area contributed by atoms with Gasteiger partial charge in [-0.25, -0.2) is 9.37 Å². The zero-order chi connectivity index (χ0) is 20.6. The highest BCUT2D eigenvalue weighted by molar-refractivity contribution is 5.84. The molecule has 154 valence electrons. The van der Waals surface area contributed by atoms with Crippen LogP contribution in [0, 0.1) is 0 Å². The van der Waals surface area contributed by atoms with Crippen molar-refractivity contribution in [3.63, 3.8) is 0 Å². The van der Waals surface area contributed by atoms with Crippen molar-refractivity contribution in [2.24, 2.45) is 5.73 Å². The van der Waals surface area contributed by atoms with Crippen molar-refractivity contribution in [1.29, 1.82) is 0 Å². The van der Waals surface area contributed by atoms with Crippen LogP contribution in [0.25, 0.3) is 11.0 Å². The Morgan fingerprint density at radius 2 is 2.11 bits per heavy atom. The summed E-state index contributed by atoms with van der Waals surface area (Å²) in [7, 11) is 3.15. The van der Waals surface area contributed by atoms with Crippen LogP contribution in [0.5, 0.6) is 5.75 Å². The number of aromatic nitrogens is 2. The minimum absolute atomic E-state index is 0.140. The van der Waals surface area contributed by atoms with Gasteiger partial charge in [-0.15, -0.1) is 13.2 Å². The number of imidazole rings is 1. The number of nitrogens with zero attached hydrogens (tertiary/aromatic N) is 4. The topological polar surface area (TPSA) is 76.6 Å². The van der Waals surface area contributed by atoms with Gasteiger partial charge in [-0.2, -0.15) is 0 Å². The highest BCUT2D eigenvalue weighted by Gasteiger charge is 2.32. The number of piperidine rings is 1. The Hall–Kier alpha value is -2.56. The summed E-state index contributed by atoms with van der Waals surface area (Å²) in [6.45, 7) is 0.381. The van der Waals surface area contributed by atoms with E-state index >= 15 is 0 Å². The fraction of sp³-hybridized carbons (Fsp3) is 0.529. The van der Waals surface area contributed by atoms with Gasteiger partial charge < -0.3 is 24.8 Å². The molecule has 0 aliphatic carbocycles. The average molecular weight is 403 g/mol. The molecule has 28 heavy (non-hydrogen) atoms. The first-order chi connectivity index (χ1) is 13.0. The average Bonchev–Trinajstić information content (AvgIpc) is 2.94. The Balaban J connectivity index is 2.05. The Morgan fingerprint density at radius 1 is 1.39 bits per heavy atom. The van der Waals surface area contributed by atoms with E-state index in [0.29, 0.717) is 23.5 Å². The zero-order valence-corrected chi connectivity index (χ0v) is 15.4. The monoisotopic (exact) mass is 403 g/mol.